The van der Waals surface area contributed by atoms with Crippen molar-refractivity contribution < 1.29 is 22.0 Å². The highest BCUT2D eigenvalue weighted by Crippen LogP contribution is 2.57. The van der Waals surface area contributed by atoms with E-state index in [1.165, 1.54) is 12.1 Å². The summed E-state index contributed by atoms with van der Waals surface area (Å²) in [6, 6.07) is 8.86. The highest BCUT2D eigenvalue weighted by atomic mass is 19.4. The molecule has 1 aliphatic heterocycles. The third-order valence-corrected chi connectivity index (χ3v) is 6.60. The van der Waals surface area contributed by atoms with Crippen molar-refractivity contribution >= 4 is 22.8 Å². The van der Waals surface area contributed by atoms with Crippen LogP contribution in [0.1, 0.15) is 36.8 Å². The topological polar surface area (TPSA) is 53.9 Å². The summed E-state index contributed by atoms with van der Waals surface area (Å²) >= 11 is 0. The number of hydrogen-bond donors (Lipinski definition) is 1. The lowest BCUT2D eigenvalue weighted by molar-refractivity contribution is -0.168. The molecular weight excluding hydrogens is 441 g/mol. The summed E-state index contributed by atoms with van der Waals surface area (Å²) in [6.45, 7) is 1.02. The van der Waals surface area contributed by atoms with Gasteiger partial charge < -0.3 is 10.2 Å². The van der Waals surface area contributed by atoms with E-state index in [4.69, 9.17) is 0 Å². The molecule has 3 aromatic rings. The monoisotopic (exact) mass is 463 g/mol. The van der Waals surface area contributed by atoms with Crippen molar-refractivity contribution in [2.24, 2.45) is 5.41 Å². The minimum atomic E-state index is -4.46. The van der Waals surface area contributed by atoms with E-state index in [2.05, 4.69) is 20.3 Å². The van der Waals surface area contributed by atoms with Crippen LogP contribution in [-0.4, -0.2) is 34.0 Å². The third-order valence-electron chi connectivity index (χ3n) is 6.60. The Morgan fingerprint density at radius 3 is 2.39 bits per heavy atom. The number of piperidine rings is 1. The number of nitrogens with zero attached hydrogens (tertiary/aromatic N) is 4. The van der Waals surface area contributed by atoms with Gasteiger partial charge in [-0.1, -0.05) is 18.2 Å². The van der Waals surface area contributed by atoms with E-state index in [-0.39, 0.29) is 30.4 Å². The number of anilines is 2. The largest absolute Gasteiger partial charge is 0.416 e. The number of alkyl halides is 5. The fourth-order valence-electron chi connectivity index (χ4n) is 4.94. The molecule has 5 nitrogen and oxygen atoms in total. The second-order valence-electron chi connectivity index (χ2n) is 8.95. The van der Waals surface area contributed by atoms with E-state index in [0.717, 1.165) is 6.07 Å². The number of pyridine rings is 1. The van der Waals surface area contributed by atoms with Crippen LogP contribution in [-0.2, 0) is 12.7 Å². The first-order valence-electron chi connectivity index (χ1n) is 10.8. The van der Waals surface area contributed by atoms with E-state index in [9.17, 15) is 22.0 Å². The van der Waals surface area contributed by atoms with Crippen LogP contribution in [0, 0.1) is 5.41 Å². The summed E-state index contributed by atoms with van der Waals surface area (Å²) in [5.74, 6) is -1.78. The molecule has 1 aromatic carbocycles. The number of benzene rings is 1. The summed E-state index contributed by atoms with van der Waals surface area (Å²) in [5, 5.41) is 3.62. The predicted molar refractivity (Wildman–Crippen MR) is 114 cm³/mol. The average Bonchev–Trinajstić information content (AvgIpc) is 2.76. The first kappa shape index (κ1) is 21.8. The molecule has 1 saturated carbocycles. The van der Waals surface area contributed by atoms with Crippen molar-refractivity contribution in [2.45, 2.75) is 44.3 Å². The second-order valence-corrected chi connectivity index (χ2v) is 8.95. The molecule has 5 rings (SSSR count). The molecule has 0 bridgehead atoms. The minimum absolute atomic E-state index is 0.0700. The van der Waals surface area contributed by atoms with Gasteiger partial charge in [0.15, 0.2) is 5.65 Å². The van der Waals surface area contributed by atoms with Crippen LogP contribution in [0.4, 0.5) is 33.7 Å². The highest BCUT2D eigenvalue weighted by Gasteiger charge is 2.56. The molecule has 0 atom stereocenters. The van der Waals surface area contributed by atoms with Crippen molar-refractivity contribution in [1.82, 2.24) is 15.0 Å². The Balaban J connectivity index is 1.39. The maximum atomic E-state index is 13.4. The average molecular weight is 463 g/mol. The first-order chi connectivity index (χ1) is 15.6. The Labute approximate surface area is 187 Å². The van der Waals surface area contributed by atoms with E-state index < -0.39 is 17.7 Å². The fraction of sp³-hybridized carbons (Fsp3) is 0.435. The van der Waals surface area contributed by atoms with Crippen molar-refractivity contribution in [3.05, 3.63) is 53.7 Å². The SMILES string of the molecule is FC1(F)CC2(CCN(c3nc(NCc4ccccc4C(F)(F)F)c4cccnc4n3)CC2)C1. The molecule has 1 saturated heterocycles. The van der Waals surface area contributed by atoms with Crippen molar-refractivity contribution in [1.29, 1.82) is 0 Å². The van der Waals surface area contributed by atoms with Gasteiger partial charge in [0.25, 0.3) is 0 Å². The van der Waals surface area contributed by atoms with Gasteiger partial charge >= 0.3 is 6.18 Å². The zero-order valence-electron chi connectivity index (χ0n) is 17.7. The Hall–Kier alpha value is -3.04. The van der Waals surface area contributed by atoms with Gasteiger partial charge in [0, 0.05) is 38.7 Å². The summed E-state index contributed by atoms with van der Waals surface area (Å²) in [6.07, 6.45) is -1.75. The molecule has 1 N–H and O–H groups in total. The van der Waals surface area contributed by atoms with E-state index >= 15 is 0 Å². The number of halogens is 5. The molecule has 2 aromatic heterocycles. The fourth-order valence-corrected chi connectivity index (χ4v) is 4.94. The van der Waals surface area contributed by atoms with Gasteiger partial charge in [0.05, 0.1) is 10.9 Å². The van der Waals surface area contributed by atoms with Crippen LogP contribution in [0.15, 0.2) is 42.6 Å². The van der Waals surface area contributed by atoms with E-state index in [1.807, 2.05) is 4.90 Å². The summed E-state index contributed by atoms with van der Waals surface area (Å²) < 4.78 is 66.9. The van der Waals surface area contributed by atoms with Crippen LogP contribution >= 0.6 is 0 Å². The van der Waals surface area contributed by atoms with Crippen LogP contribution in [0.3, 0.4) is 0 Å². The lowest BCUT2D eigenvalue weighted by atomic mass is 9.61. The Kier molecular flexibility index (Phi) is 5.13. The standard InChI is InChI=1S/C23H22F5N5/c24-22(25)13-21(14-22)7-10-33(11-8-21)20-31-18-16(5-3-9-29-18)19(32-20)30-12-15-4-1-2-6-17(15)23(26,27)28/h1-6,9H,7-8,10-14H2,(H,29,30,31,32). The predicted octanol–water partition coefficient (Wildman–Crippen LogP) is 5.67. The zero-order chi connectivity index (χ0) is 23.3. The lowest BCUT2D eigenvalue weighted by Crippen LogP contribution is -2.52. The number of nitrogens with one attached hydrogen (secondary N) is 1. The van der Waals surface area contributed by atoms with Gasteiger partial charge in [-0.3, -0.25) is 0 Å². The molecular formula is C23H22F5N5. The normalized spacial score (nSPS) is 19.5. The highest BCUT2D eigenvalue weighted by molar-refractivity contribution is 5.87. The van der Waals surface area contributed by atoms with Gasteiger partial charge in [-0.05, 0) is 42.0 Å². The van der Waals surface area contributed by atoms with Gasteiger partial charge in [-0.15, -0.1) is 0 Å². The Morgan fingerprint density at radius 1 is 0.970 bits per heavy atom. The first-order valence-corrected chi connectivity index (χ1v) is 10.8. The third kappa shape index (κ3) is 4.30. The number of rotatable bonds is 4. The molecule has 2 fully saturated rings. The van der Waals surface area contributed by atoms with Gasteiger partial charge in [-0.25, -0.2) is 13.8 Å². The molecule has 1 spiro atoms. The molecule has 1 aliphatic carbocycles. The Bertz CT molecular complexity index is 1160. The summed E-state index contributed by atoms with van der Waals surface area (Å²) in [4.78, 5) is 15.3. The molecule has 3 heterocycles. The number of hydrogen-bond acceptors (Lipinski definition) is 5. The molecule has 174 valence electrons. The van der Waals surface area contributed by atoms with Crippen molar-refractivity contribution in [3.63, 3.8) is 0 Å². The summed E-state index contributed by atoms with van der Waals surface area (Å²) in [7, 11) is 0. The van der Waals surface area contributed by atoms with Gasteiger partial charge in [0.1, 0.15) is 5.82 Å². The molecule has 0 amide bonds. The van der Waals surface area contributed by atoms with Crippen LogP contribution < -0.4 is 10.2 Å². The number of aromatic nitrogens is 3. The Morgan fingerprint density at radius 2 is 1.70 bits per heavy atom. The van der Waals surface area contributed by atoms with Crippen molar-refractivity contribution in [3.8, 4) is 0 Å². The smallest absolute Gasteiger partial charge is 0.365 e. The molecule has 0 unspecified atom stereocenters. The second kappa shape index (κ2) is 7.78. The zero-order valence-corrected chi connectivity index (χ0v) is 17.7. The molecule has 2 aliphatic rings. The molecule has 10 heteroatoms. The van der Waals surface area contributed by atoms with E-state index in [1.54, 1.807) is 24.4 Å². The van der Waals surface area contributed by atoms with Gasteiger partial charge in [-0.2, -0.15) is 23.1 Å². The number of fused-ring (bicyclic) bond motifs is 1. The molecule has 33 heavy (non-hydrogen) atoms. The summed E-state index contributed by atoms with van der Waals surface area (Å²) in [5.41, 5.74) is -0.484. The van der Waals surface area contributed by atoms with Crippen LogP contribution in [0.2, 0.25) is 0 Å². The maximum absolute atomic E-state index is 13.4. The van der Waals surface area contributed by atoms with Crippen molar-refractivity contribution in [2.75, 3.05) is 23.3 Å². The minimum Gasteiger partial charge on any atom is -0.365 e. The molecule has 0 radical (unpaired) electrons. The van der Waals surface area contributed by atoms with Crippen LogP contribution in [0.25, 0.3) is 11.0 Å². The quantitative estimate of drug-likeness (QED) is 0.505. The lowest BCUT2D eigenvalue weighted by Gasteiger charge is -2.51. The van der Waals surface area contributed by atoms with Crippen LogP contribution in [0.5, 0.6) is 0 Å². The maximum Gasteiger partial charge on any atom is 0.416 e. The van der Waals surface area contributed by atoms with Gasteiger partial charge in [0.2, 0.25) is 11.9 Å². The van der Waals surface area contributed by atoms with E-state index in [0.29, 0.717) is 48.7 Å².